The fraction of sp³-hybridized carbons (Fsp3) is 0.231. The third-order valence-electron chi connectivity index (χ3n) is 5.68. The summed E-state index contributed by atoms with van der Waals surface area (Å²) in [5.41, 5.74) is 0.748. The van der Waals surface area contributed by atoms with Gasteiger partial charge in [0.15, 0.2) is 0 Å². The molecule has 3 aromatic rings. The first kappa shape index (κ1) is 28.4. The molecular formula is C26H26Cl2FN3O4S. The van der Waals surface area contributed by atoms with E-state index in [0.717, 1.165) is 4.31 Å². The Morgan fingerprint density at radius 2 is 1.62 bits per heavy atom. The Balaban J connectivity index is 2.05. The van der Waals surface area contributed by atoms with Crippen molar-refractivity contribution in [2.75, 3.05) is 17.9 Å². The van der Waals surface area contributed by atoms with Crippen molar-refractivity contribution in [3.05, 3.63) is 94.2 Å². The van der Waals surface area contributed by atoms with Gasteiger partial charge in [0, 0.05) is 23.6 Å². The normalized spacial score (nSPS) is 12.0. The lowest BCUT2D eigenvalue weighted by molar-refractivity contribution is -0.140. The van der Waals surface area contributed by atoms with Gasteiger partial charge in [-0.3, -0.25) is 13.9 Å². The van der Waals surface area contributed by atoms with Crippen molar-refractivity contribution in [2.24, 2.45) is 0 Å². The van der Waals surface area contributed by atoms with Gasteiger partial charge in [-0.15, -0.1) is 0 Å². The molecule has 7 nitrogen and oxygen atoms in total. The van der Waals surface area contributed by atoms with Crippen molar-refractivity contribution < 1.29 is 22.4 Å². The Bertz CT molecular complexity index is 1350. The van der Waals surface area contributed by atoms with Gasteiger partial charge in [-0.2, -0.15) is 0 Å². The van der Waals surface area contributed by atoms with Gasteiger partial charge in [0.25, 0.3) is 10.0 Å². The van der Waals surface area contributed by atoms with Crippen LogP contribution in [0.2, 0.25) is 10.0 Å². The largest absolute Gasteiger partial charge is 0.357 e. The van der Waals surface area contributed by atoms with Gasteiger partial charge in [-0.05, 0) is 66.6 Å². The minimum Gasteiger partial charge on any atom is -0.357 e. The highest BCUT2D eigenvalue weighted by Crippen LogP contribution is 2.27. The molecule has 0 aliphatic rings. The first-order valence-electron chi connectivity index (χ1n) is 11.4. The third kappa shape index (κ3) is 7.00. The van der Waals surface area contributed by atoms with E-state index in [1.807, 2.05) is 0 Å². The maximum absolute atomic E-state index is 13.7. The molecule has 3 rings (SSSR count). The van der Waals surface area contributed by atoms with E-state index in [2.05, 4.69) is 5.32 Å². The second kappa shape index (κ2) is 12.4. The summed E-state index contributed by atoms with van der Waals surface area (Å²) in [5.74, 6) is -1.48. The fourth-order valence-corrected chi connectivity index (χ4v) is 5.48. The first-order valence-corrected chi connectivity index (χ1v) is 13.6. The summed E-state index contributed by atoms with van der Waals surface area (Å²) in [6, 6.07) is 16.3. The van der Waals surface area contributed by atoms with E-state index in [1.165, 1.54) is 72.6 Å². The van der Waals surface area contributed by atoms with Crippen LogP contribution >= 0.6 is 23.2 Å². The Morgan fingerprint density at radius 1 is 0.973 bits per heavy atom. The van der Waals surface area contributed by atoms with Crippen molar-refractivity contribution in [2.45, 2.75) is 30.8 Å². The van der Waals surface area contributed by atoms with E-state index in [0.29, 0.717) is 10.6 Å². The number of carbonyl (C=O) groups is 2. The zero-order valence-corrected chi connectivity index (χ0v) is 22.5. The van der Waals surface area contributed by atoms with Crippen LogP contribution in [0.3, 0.4) is 0 Å². The third-order valence-corrected chi connectivity index (χ3v) is 7.95. The summed E-state index contributed by atoms with van der Waals surface area (Å²) < 4.78 is 41.8. The van der Waals surface area contributed by atoms with Crippen LogP contribution in [0.25, 0.3) is 0 Å². The number of hydrogen-bond acceptors (Lipinski definition) is 4. The molecule has 0 heterocycles. The molecule has 11 heteroatoms. The number of likely N-dealkylation sites (N-methyl/N-ethyl adjacent to an activating group) is 1. The topological polar surface area (TPSA) is 86.8 Å². The van der Waals surface area contributed by atoms with Gasteiger partial charge in [-0.1, -0.05) is 48.3 Å². The zero-order valence-electron chi connectivity index (χ0n) is 20.2. The molecule has 0 aromatic heterocycles. The van der Waals surface area contributed by atoms with Crippen LogP contribution in [0, 0.1) is 5.82 Å². The second-order valence-corrected chi connectivity index (χ2v) is 10.9. The Hall–Kier alpha value is -3.14. The lowest BCUT2D eigenvalue weighted by Gasteiger charge is -2.33. The highest BCUT2D eigenvalue weighted by Gasteiger charge is 2.33. The molecule has 2 amide bonds. The van der Waals surface area contributed by atoms with Crippen LogP contribution in [0.1, 0.15) is 18.9 Å². The van der Waals surface area contributed by atoms with Crippen LogP contribution in [-0.4, -0.2) is 44.8 Å². The van der Waals surface area contributed by atoms with Gasteiger partial charge < -0.3 is 10.2 Å². The number of nitrogens with zero attached hydrogens (tertiary/aromatic N) is 2. The monoisotopic (exact) mass is 565 g/mol. The van der Waals surface area contributed by atoms with E-state index in [9.17, 15) is 22.4 Å². The highest BCUT2D eigenvalue weighted by molar-refractivity contribution is 7.92. The van der Waals surface area contributed by atoms with Crippen molar-refractivity contribution in [1.29, 1.82) is 0 Å². The molecular weight excluding hydrogens is 540 g/mol. The minimum absolute atomic E-state index is 0.0323. The lowest BCUT2D eigenvalue weighted by Crippen LogP contribution is -2.51. The van der Waals surface area contributed by atoms with Gasteiger partial charge in [-0.25, -0.2) is 12.8 Å². The molecule has 1 N–H and O–H groups in total. The molecule has 1 atom stereocenters. The number of hydrogen-bond donors (Lipinski definition) is 1. The maximum atomic E-state index is 13.7. The number of nitrogens with one attached hydrogen (secondary N) is 1. The summed E-state index contributed by atoms with van der Waals surface area (Å²) in [6.45, 7) is 1.10. The zero-order chi connectivity index (χ0) is 27.2. The number of amides is 2. The molecule has 0 fully saturated rings. The SMILES string of the molecule is CC[C@@H](C(=O)NC)N(Cc1ccc(F)cc1)C(=O)CN(c1cccc(Cl)c1)S(=O)(=O)c1ccc(Cl)cc1. The molecule has 3 aromatic carbocycles. The standard InChI is InChI=1S/C26H26Cl2FN3O4S/c1-3-24(26(34)30-2)31(16-18-7-11-21(29)12-8-18)25(33)17-32(22-6-4-5-20(28)15-22)37(35,36)23-13-9-19(27)10-14-23/h4-15,24H,3,16-17H2,1-2H3,(H,30,34)/t24-/m0/s1. The molecule has 196 valence electrons. The fourth-order valence-electron chi connectivity index (χ4n) is 3.77. The molecule has 0 radical (unpaired) electrons. The van der Waals surface area contributed by atoms with Crippen molar-refractivity contribution in [3.63, 3.8) is 0 Å². The summed E-state index contributed by atoms with van der Waals surface area (Å²) in [5, 5.41) is 3.18. The van der Waals surface area contributed by atoms with Crippen LogP contribution in [-0.2, 0) is 26.2 Å². The highest BCUT2D eigenvalue weighted by atomic mass is 35.5. The Morgan fingerprint density at radius 3 is 2.19 bits per heavy atom. The Kier molecular flexibility index (Phi) is 9.53. The number of anilines is 1. The van der Waals surface area contributed by atoms with Gasteiger partial charge in [0.2, 0.25) is 11.8 Å². The van der Waals surface area contributed by atoms with E-state index in [4.69, 9.17) is 23.2 Å². The van der Waals surface area contributed by atoms with Crippen LogP contribution in [0.4, 0.5) is 10.1 Å². The number of halogens is 3. The summed E-state index contributed by atoms with van der Waals surface area (Å²) in [7, 11) is -2.78. The molecule has 0 saturated heterocycles. The molecule has 0 bridgehead atoms. The number of sulfonamides is 1. The summed E-state index contributed by atoms with van der Waals surface area (Å²) in [6.07, 6.45) is 0.272. The number of carbonyl (C=O) groups excluding carboxylic acids is 2. The van der Waals surface area contributed by atoms with Crippen molar-refractivity contribution >= 4 is 50.7 Å². The average Bonchev–Trinajstić information content (AvgIpc) is 2.88. The molecule has 0 saturated carbocycles. The summed E-state index contributed by atoms with van der Waals surface area (Å²) in [4.78, 5) is 27.6. The predicted octanol–water partition coefficient (Wildman–Crippen LogP) is 4.88. The summed E-state index contributed by atoms with van der Waals surface area (Å²) >= 11 is 12.1. The van der Waals surface area contributed by atoms with E-state index >= 15 is 0 Å². The average molecular weight is 566 g/mol. The Labute approximate surface area is 225 Å². The van der Waals surface area contributed by atoms with Gasteiger partial charge in [0.05, 0.1) is 10.6 Å². The van der Waals surface area contributed by atoms with E-state index < -0.39 is 40.2 Å². The number of rotatable bonds is 10. The van der Waals surface area contributed by atoms with Crippen molar-refractivity contribution in [1.82, 2.24) is 10.2 Å². The first-order chi connectivity index (χ1) is 17.6. The minimum atomic E-state index is -4.23. The number of benzene rings is 3. The molecule has 0 spiro atoms. The van der Waals surface area contributed by atoms with Crippen LogP contribution in [0.5, 0.6) is 0 Å². The van der Waals surface area contributed by atoms with Crippen molar-refractivity contribution in [3.8, 4) is 0 Å². The van der Waals surface area contributed by atoms with E-state index in [1.54, 1.807) is 19.1 Å². The molecule has 0 aliphatic carbocycles. The predicted molar refractivity (Wildman–Crippen MR) is 143 cm³/mol. The smallest absolute Gasteiger partial charge is 0.264 e. The van der Waals surface area contributed by atoms with Gasteiger partial charge >= 0.3 is 0 Å². The van der Waals surface area contributed by atoms with Crippen LogP contribution in [0.15, 0.2) is 77.7 Å². The maximum Gasteiger partial charge on any atom is 0.264 e. The molecule has 0 aliphatic heterocycles. The second-order valence-electron chi connectivity index (χ2n) is 8.13. The molecule has 37 heavy (non-hydrogen) atoms. The van der Waals surface area contributed by atoms with Gasteiger partial charge in [0.1, 0.15) is 18.4 Å². The van der Waals surface area contributed by atoms with E-state index in [-0.39, 0.29) is 28.6 Å². The molecule has 0 unspecified atom stereocenters. The quantitative estimate of drug-likeness (QED) is 0.379. The lowest BCUT2D eigenvalue weighted by atomic mass is 10.1. The van der Waals surface area contributed by atoms with Crippen LogP contribution < -0.4 is 9.62 Å².